The highest BCUT2D eigenvalue weighted by atomic mass is 19.1. The Morgan fingerprint density at radius 3 is 2.38 bits per heavy atom. The van der Waals surface area contributed by atoms with Crippen molar-refractivity contribution in [3.63, 3.8) is 0 Å². The summed E-state index contributed by atoms with van der Waals surface area (Å²) < 4.78 is 26.7. The summed E-state index contributed by atoms with van der Waals surface area (Å²) in [6.07, 6.45) is 0.113. The number of rotatable bonds is 5. The van der Waals surface area contributed by atoms with Crippen LogP contribution in [0.15, 0.2) is 42.5 Å². The molecular weight excluding hydrogens is 274 g/mol. The van der Waals surface area contributed by atoms with Gasteiger partial charge in [0.05, 0.1) is 0 Å². The van der Waals surface area contributed by atoms with Crippen LogP contribution in [0.25, 0.3) is 0 Å². The van der Waals surface area contributed by atoms with E-state index in [1.165, 1.54) is 18.2 Å². The van der Waals surface area contributed by atoms with Crippen molar-refractivity contribution in [3.05, 3.63) is 59.7 Å². The molecule has 0 atom stereocenters. The van der Waals surface area contributed by atoms with E-state index >= 15 is 0 Å². The number of amides is 1. The zero-order chi connectivity index (χ0) is 15.2. The average molecular weight is 290 g/mol. The van der Waals surface area contributed by atoms with E-state index in [4.69, 9.17) is 0 Å². The molecule has 0 saturated carbocycles. The van der Waals surface area contributed by atoms with E-state index in [2.05, 4.69) is 10.6 Å². The van der Waals surface area contributed by atoms with Crippen molar-refractivity contribution in [1.82, 2.24) is 0 Å². The quantitative estimate of drug-likeness (QED) is 0.881. The monoisotopic (exact) mass is 290 g/mol. The van der Waals surface area contributed by atoms with Gasteiger partial charge in [-0.1, -0.05) is 24.3 Å². The average Bonchev–Trinajstić information content (AvgIpc) is 2.45. The third-order valence-corrected chi connectivity index (χ3v) is 3.04. The summed E-state index contributed by atoms with van der Waals surface area (Å²) in [5.41, 5.74) is 1.49. The lowest BCUT2D eigenvalue weighted by molar-refractivity contribution is -0.115. The number of hydrogen-bond acceptors (Lipinski definition) is 2. The molecule has 2 aromatic carbocycles. The largest absolute Gasteiger partial charge is 0.380 e. The van der Waals surface area contributed by atoms with Gasteiger partial charge in [-0.2, -0.15) is 0 Å². The molecule has 0 saturated heterocycles. The number of carbonyl (C=O) groups is 1. The first-order valence-electron chi connectivity index (χ1n) is 6.61. The van der Waals surface area contributed by atoms with E-state index in [1.54, 1.807) is 6.07 Å². The molecule has 1 amide bonds. The van der Waals surface area contributed by atoms with Crippen LogP contribution in [0.1, 0.15) is 12.0 Å². The Bertz CT molecular complexity index is 624. The van der Waals surface area contributed by atoms with Crippen LogP contribution >= 0.6 is 0 Å². The number of anilines is 2. The van der Waals surface area contributed by atoms with Crippen LogP contribution in [0.4, 0.5) is 20.2 Å². The van der Waals surface area contributed by atoms with Crippen molar-refractivity contribution in [2.75, 3.05) is 17.2 Å². The highest BCUT2D eigenvalue weighted by molar-refractivity contribution is 5.91. The number of para-hydroxylation sites is 2. The van der Waals surface area contributed by atoms with Crippen molar-refractivity contribution >= 4 is 17.3 Å². The van der Waals surface area contributed by atoms with Gasteiger partial charge in [0.15, 0.2) is 0 Å². The molecule has 0 fully saturated rings. The highest BCUT2D eigenvalue weighted by Gasteiger charge is 2.09. The second-order valence-corrected chi connectivity index (χ2v) is 4.64. The molecule has 0 spiro atoms. The van der Waals surface area contributed by atoms with Crippen molar-refractivity contribution < 1.29 is 13.6 Å². The number of halogens is 2. The van der Waals surface area contributed by atoms with E-state index < -0.39 is 11.6 Å². The Labute approximate surface area is 122 Å². The molecule has 5 heteroatoms. The molecule has 2 N–H and O–H groups in total. The molecule has 0 aliphatic heterocycles. The van der Waals surface area contributed by atoms with Crippen LogP contribution in [0.3, 0.4) is 0 Å². The maximum absolute atomic E-state index is 13.4. The van der Waals surface area contributed by atoms with Gasteiger partial charge in [0.1, 0.15) is 17.3 Å². The first kappa shape index (κ1) is 15.0. The molecule has 0 aromatic heterocycles. The highest BCUT2D eigenvalue weighted by Crippen LogP contribution is 2.18. The zero-order valence-electron chi connectivity index (χ0n) is 11.6. The number of nitrogens with one attached hydrogen (secondary N) is 2. The minimum absolute atomic E-state index is 0.113. The summed E-state index contributed by atoms with van der Waals surface area (Å²) >= 11 is 0. The molecule has 0 radical (unpaired) electrons. The third-order valence-electron chi connectivity index (χ3n) is 3.04. The molecule has 3 nitrogen and oxygen atoms in total. The predicted octanol–water partition coefficient (Wildman–Crippen LogP) is 3.71. The lowest BCUT2D eigenvalue weighted by Crippen LogP contribution is -2.17. The molecular formula is C16H16F2N2O. The van der Waals surface area contributed by atoms with Crippen molar-refractivity contribution in [2.24, 2.45) is 0 Å². The van der Waals surface area contributed by atoms with Gasteiger partial charge in [-0.25, -0.2) is 8.78 Å². The van der Waals surface area contributed by atoms with E-state index in [0.29, 0.717) is 0 Å². The number of benzene rings is 2. The topological polar surface area (TPSA) is 41.1 Å². The molecule has 21 heavy (non-hydrogen) atoms. The minimum atomic E-state index is -0.672. The molecule has 0 unspecified atom stereocenters. The van der Waals surface area contributed by atoms with Crippen LogP contribution < -0.4 is 10.6 Å². The Kier molecular flexibility index (Phi) is 4.87. The van der Waals surface area contributed by atoms with Gasteiger partial charge >= 0.3 is 0 Å². The Morgan fingerprint density at radius 2 is 1.71 bits per heavy atom. The molecule has 0 heterocycles. The summed E-state index contributed by atoms with van der Waals surface area (Å²) in [6, 6.07) is 11.0. The van der Waals surface area contributed by atoms with Gasteiger partial charge in [-0.3, -0.25) is 4.79 Å². The van der Waals surface area contributed by atoms with E-state index in [9.17, 15) is 13.6 Å². The zero-order valence-corrected chi connectivity index (χ0v) is 11.6. The van der Waals surface area contributed by atoms with E-state index in [1.807, 2.05) is 25.1 Å². The molecule has 0 bridgehead atoms. The summed E-state index contributed by atoms with van der Waals surface area (Å²) in [4.78, 5) is 11.8. The van der Waals surface area contributed by atoms with Crippen LogP contribution in [0, 0.1) is 18.6 Å². The molecule has 2 aromatic rings. The number of carbonyl (C=O) groups excluding carboxylic acids is 1. The second-order valence-electron chi connectivity index (χ2n) is 4.64. The number of aryl methyl sites for hydroxylation is 1. The minimum Gasteiger partial charge on any atom is -0.380 e. The van der Waals surface area contributed by atoms with Gasteiger partial charge in [0, 0.05) is 18.7 Å². The van der Waals surface area contributed by atoms with Crippen LogP contribution in [-0.4, -0.2) is 12.5 Å². The Hall–Kier alpha value is -2.43. The second kappa shape index (κ2) is 6.83. The van der Waals surface area contributed by atoms with Crippen LogP contribution in [0.5, 0.6) is 0 Å². The molecule has 0 aliphatic carbocycles. The summed E-state index contributed by atoms with van der Waals surface area (Å²) in [5.74, 6) is -1.56. The van der Waals surface area contributed by atoms with Gasteiger partial charge in [-0.05, 0) is 30.7 Å². The SMILES string of the molecule is Cc1ccccc1NC(=O)CCNc1c(F)cccc1F. The van der Waals surface area contributed by atoms with Gasteiger partial charge in [0.2, 0.25) is 5.91 Å². The lowest BCUT2D eigenvalue weighted by atomic mass is 10.2. The lowest BCUT2D eigenvalue weighted by Gasteiger charge is -2.10. The maximum atomic E-state index is 13.4. The third kappa shape index (κ3) is 4.02. The first-order chi connectivity index (χ1) is 10.1. The standard InChI is InChI=1S/C16H16F2N2O/c1-11-5-2-3-8-14(11)20-15(21)9-10-19-16-12(17)6-4-7-13(16)18/h2-8,19H,9-10H2,1H3,(H,20,21). The van der Waals surface area contributed by atoms with Crippen LogP contribution in [-0.2, 0) is 4.79 Å². The van der Waals surface area contributed by atoms with Gasteiger partial charge in [-0.15, -0.1) is 0 Å². The smallest absolute Gasteiger partial charge is 0.226 e. The first-order valence-corrected chi connectivity index (χ1v) is 6.61. The fourth-order valence-electron chi connectivity index (χ4n) is 1.89. The van der Waals surface area contributed by atoms with Gasteiger partial charge < -0.3 is 10.6 Å². The molecule has 2 rings (SSSR count). The normalized spacial score (nSPS) is 10.2. The van der Waals surface area contributed by atoms with Gasteiger partial charge in [0.25, 0.3) is 0 Å². The van der Waals surface area contributed by atoms with E-state index in [0.717, 1.165) is 11.3 Å². The predicted molar refractivity (Wildman–Crippen MR) is 79.3 cm³/mol. The van der Waals surface area contributed by atoms with E-state index in [-0.39, 0.29) is 24.6 Å². The molecule has 0 aliphatic rings. The van der Waals surface area contributed by atoms with Crippen LogP contribution in [0.2, 0.25) is 0 Å². The van der Waals surface area contributed by atoms with Crippen molar-refractivity contribution in [3.8, 4) is 0 Å². The Morgan fingerprint density at radius 1 is 1.05 bits per heavy atom. The number of hydrogen-bond donors (Lipinski definition) is 2. The fraction of sp³-hybridized carbons (Fsp3) is 0.188. The van der Waals surface area contributed by atoms with Crippen molar-refractivity contribution in [2.45, 2.75) is 13.3 Å². The molecule has 110 valence electrons. The van der Waals surface area contributed by atoms with Crippen molar-refractivity contribution in [1.29, 1.82) is 0 Å². The summed E-state index contributed by atoms with van der Waals surface area (Å²) in [7, 11) is 0. The Balaban J connectivity index is 1.86. The maximum Gasteiger partial charge on any atom is 0.226 e. The summed E-state index contributed by atoms with van der Waals surface area (Å²) in [6.45, 7) is 2.04. The summed E-state index contributed by atoms with van der Waals surface area (Å²) in [5, 5.41) is 5.36. The fourth-order valence-corrected chi connectivity index (χ4v) is 1.89.